The minimum absolute atomic E-state index is 0. The molecule has 1 amide bonds. The molecule has 4 rings (SSSR count). The first-order valence-corrected chi connectivity index (χ1v) is 11.0. The van der Waals surface area contributed by atoms with Crippen LogP contribution >= 0.6 is 35.6 Å². The largest absolute Gasteiger partial charge is 0.508 e. The molecule has 30 heavy (non-hydrogen) atoms. The predicted molar refractivity (Wildman–Crippen MR) is 124 cm³/mol. The van der Waals surface area contributed by atoms with Crippen LogP contribution in [0, 0.1) is 0 Å². The fraction of sp³-hybridized carbons (Fsp3) is 0.435. The van der Waals surface area contributed by atoms with Crippen LogP contribution in [-0.2, 0) is 17.6 Å². The molecule has 0 radical (unpaired) electrons. The number of aromatic hydroxyl groups is 1. The van der Waals surface area contributed by atoms with Gasteiger partial charge >= 0.3 is 0 Å². The number of nitrogens with zero attached hydrogens (tertiary/aromatic N) is 2. The maximum atomic E-state index is 13.3. The summed E-state index contributed by atoms with van der Waals surface area (Å²) in [5.41, 5.74) is 2.92. The van der Waals surface area contributed by atoms with Crippen molar-refractivity contribution in [3.05, 3.63) is 63.1 Å². The number of hydrogen-bond acceptors (Lipinski definition) is 3. The summed E-state index contributed by atoms with van der Waals surface area (Å²) in [6, 6.07) is 11.0. The number of carbonyl (C=O) groups excluding carboxylic acids is 1. The molecule has 0 aromatic heterocycles. The Hall–Kier alpha value is -1.46. The first-order chi connectivity index (χ1) is 14.0. The van der Waals surface area contributed by atoms with Crippen LogP contribution in [0.25, 0.3) is 0 Å². The zero-order chi connectivity index (χ0) is 20.4. The van der Waals surface area contributed by atoms with Gasteiger partial charge in [0.2, 0.25) is 5.91 Å². The van der Waals surface area contributed by atoms with Crippen LogP contribution in [-0.4, -0.2) is 47.0 Å². The van der Waals surface area contributed by atoms with Crippen LogP contribution in [0.5, 0.6) is 5.75 Å². The lowest BCUT2D eigenvalue weighted by molar-refractivity contribution is -0.134. The smallest absolute Gasteiger partial charge is 0.227 e. The van der Waals surface area contributed by atoms with Crippen molar-refractivity contribution in [2.75, 3.05) is 26.2 Å². The molecule has 162 valence electrons. The highest BCUT2D eigenvalue weighted by molar-refractivity contribution is 6.42. The van der Waals surface area contributed by atoms with Gasteiger partial charge < -0.3 is 14.9 Å². The minimum Gasteiger partial charge on any atom is -0.508 e. The number of halogens is 3. The SMILES string of the molecule is Cl.O=C(Cc1ccc(Cl)c(Cl)c1)N1CCc2c(O)cccc2C1CN1CCCCC1. The maximum absolute atomic E-state index is 13.3. The van der Waals surface area contributed by atoms with Crippen LogP contribution in [0.4, 0.5) is 0 Å². The molecule has 0 saturated carbocycles. The summed E-state index contributed by atoms with van der Waals surface area (Å²) < 4.78 is 0. The Bertz CT molecular complexity index is 900. The van der Waals surface area contributed by atoms with E-state index in [0.29, 0.717) is 35.2 Å². The maximum Gasteiger partial charge on any atom is 0.227 e. The van der Waals surface area contributed by atoms with Gasteiger partial charge in [-0.1, -0.05) is 47.8 Å². The van der Waals surface area contributed by atoms with Crippen molar-refractivity contribution in [2.24, 2.45) is 0 Å². The molecule has 7 heteroatoms. The van der Waals surface area contributed by atoms with E-state index in [1.165, 1.54) is 19.3 Å². The van der Waals surface area contributed by atoms with Gasteiger partial charge in [-0.25, -0.2) is 0 Å². The predicted octanol–water partition coefficient (Wildman–Crippen LogP) is 5.28. The second kappa shape index (κ2) is 10.2. The van der Waals surface area contributed by atoms with Crippen LogP contribution in [0.2, 0.25) is 10.0 Å². The average molecular weight is 470 g/mol. The third-order valence-electron chi connectivity index (χ3n) is 6.06. The van der Waals surface area contributed by atoms with E-state index in [9.17, 15) is 9.90 Å². The Kier molecular flexibility index (Phi) is 7.92. The van der Waals surface area contributed by atoms with E-state index in [-0.39, 0.29) is 24.4 Å². The zero-order valence-electron chi connectivity index (χ0n) is 16.8. The fourth-order valence-electron chi connectivity index (χ4n) is 4.54. The molecule has 2 aliphatic heterocycles. The lowest BCUT2D eigenvalue weighted by Crippen LogP contribution is -2.46. The molecular formula is C23H27Cl3N2O2. The Morgan fingerprint density at radius 3 is 2.53 bits per heavy atom. The lowest BCUT2D eigenvalue weighted by Gasteiger charge is -2.41. The van der Waals surface area contributed by atoms with Crippen molar-refractivity contribution in [2.45, 2.75) is 38.1 Å². The van der Waals surface area contributed by atoms with Gasteiger partial charge in [-0.3, -0.25) is 4.79 Å². The molecule has 0 bridgehead atoms. The summed E-state index contributed by atoms with van der Waals surface area (Å²) in [6.45, 7) is 3.56. The normalized spacial score (nSPS) is 19.1. The van der Waals surface area contributed by atoms with E-state index < -0.39 is 0 Å². The van der Waals surface area contributed by atoms with E-state index in [4.69, 9.17) is 23.2 Å². The molecule has 1 saturated heterocycles. The molecule has 2 aromatic rings. The van der Waals surface area contributed by atoms with Crippen LogP contribution in [0.1, 0.15) is 42.0 Å². The Balaban J connectivity index is 0.00000256. The van der Waals surface area contributed by atoms with E-state index in [1.54, 1.807) is 18.2 Å². The molecule has 2 aromatic carbocycles. The van der Waals surface area contributed by atoms with Crippen LogP contribution < -0.4 is 0 Å². The first-order valence-electron chi connectivity index (χ1n) is 10.3. The first kappa shape index (κ1) is 23.2. The highest BCUT2D eigenvalue weighted by Crippen LogP contribution is 2.36. The quantitative estimate of drug-likeness (QED) is 0.663. The Morgan fingerprint density at radius 2 is 1.80 bits per heavy atom. The number of phenols is 1. The van der Waals surface area contributed by atoms with Gasteiger partial charge in [0, 0.05) is 18.7 Å². The van der Waals surface area contributed by atoms with Gasteiger partial charge in [0.1, 0.15) is 5.75 Å². The fourth-order valence-corrected chi connectivity index (χ4v) is 4.86. The topological polar surface area (TPSA) is 43.8 Å². The van der Waals surface area contributed by atoms with Gasteiger partial charge in [0.25, 0.3) is 0 Å². The number of rotatable bonds is 4. The van der Waals surface area contributed by atoms with Gasteiger partial charge in [-0.15, -0.1) is 12.4 Å². The minimum atomic E-state index is -0.0424. The number of phenolic OH excluding ortho intramolecular Hbond substituents is 1. The third-order valence-corrected chi connectivity index (χ3v) is 6.80. The van der Waals surface area contributed by atoms with E-state index >= 15 is 0 Å². The molecule has 2 heterocycles. The van der Waals surface area contributed by atoms with Crippen LogP contribution in [0.15, 0.2) is 36.4 Å². The monoisotopic (exact) mass is 468 g/mol. The van der Waals surface area contributed by atoms with E-state index in [0.717, 1.165) is 36.3 Å². The average Bonchev–Trinajstić information content (AvgIpc) is 2.72. The number of piperidine rings is 1. The number of amides is 1. The highest BCUT2D eigenvalue weighted by atomic mass is 35.5. The molecule has 1 atom stereocenters. The summed E-state index contributed by atoms with van der Waals surface area (Å²) in [5, 5.41) is 11.3. The third kappa shape index (κ3) is 5.05. The van der Waals surface area contributed by atoms with Crippen molar-refractivity contribution < 1.29 is 9.90 Å². The lowest BCUT2D eigenvalue weighted by atomic mass is 9.90. The standard InChI is InChI=1S/C23H26Cl2N2O2.ClH/c24-19-8-7-16(13-20(19)25)14-23(29)27-12-9-18-17(5-4-6-22(18)28)21(27)15-26-10-2-1-3-11-26;/h4-8,13,21,28H,1-3,9-12,14-15H2;1H. The van der Waals surface area contributed by atoms with Gasteiger partial charge in [-0.2, -0.15) is 0 Å². The van der Waals surface area contributed by atoms with Crippen molar-refractivity contribution >= 4 is 41.5 Å². The number of benzene rings is 2. The molecular weight excluding hydrogens is 443 g/mol. The van der Waals surface area contributed by atoms with Gasteiger partial charge in [0.15, 0.2) is 0 Å². The molecule has 4 nitrogen and oxygen atoms in total. The summed E-state index contributed by atoms with van der Waals surface area (Å²) in [6.07, 6.45) is 4.65. The molecule has 1 fully saturated rings. The van der Waals surface area contributed by atoms with Gasteiger partial charge in [-0.05, 0) is 61.7 Å². The number of fused-ring (bicyclic) bond motifs is 1. The number of likely N-dealkylation sites (tertiary alicyclic amines) is 1. The van der Waals surface area contributed by atoms with Crippen LogP contribution in [0.3, 0.4) is 0 Å². The second-order valence-electron chi connectivity index (χ2n) is 7.98. The summed E-state index contributed by atoms with van der Waals surface area (Å²) >= 11 is 12.1. The molecule has 1 N–H and O–H groups in total. The van der Waals surface area contributed by atoms with E-state index in [2.05, 4.69) is 11.0 Å². The Labute approximate surface area is 194 Å². The second-order valence-corrected chi connectivity index (χ2v) is 8.80. The molecule has 0 aliphatic carbocycles. The zero-order valence-corrected chi connectivity index (χ0v) is 19.1. The molecule has 1 unspecified atom stereocenters. The van der Waals surface area contributed by atoms with Crippen molar-refractivity contribution in [1.29, 1.82) is 0 Å². The summed E-state index contributed by atoms with van der Waals surface area (Å²) in [5.74, 6) is 0.419. The van der Waals surface area contributed by atoms with Crippen molar-refractivity contribution in [3.8, 4) is 5.75 Å². The summed E-state index contributed by atoms with van der Waals surface area (Å²) in [4.78, 5) is 17.7. The van der Waals surface area contributed by atoms with Crippen molar-refractivity contribution in [3.63, 3.8) is 0 Å². The Morgan fingerprint density at radius 1 is 1.03 bits per heavy atom. The molecule has 2 aliphatic rings. The molecule has 0 spiro atoms. The van der Waals surface area contributed by atoms with Crippen molar-refractivity contribution in [1.82, 2.24) is 9.80 Å². The summed E-state index contributed by atoms with van der Waals surface area (Å²) in [7, 11) is 0. The number of carbonyl (C=O) groups is 1. The number of hydrogen-bond donors (Lipinski definition) is 1. The highest BCUT2D eigenvalue weighted by Gasteiger charge is 2.33. The van der Waals surface area contributed by atoms with E-state index in [1.807, 2.05) is 17.0 Å². The van der Waals surface area contributed by atoms with Gasteiger partial charge in [0.05, 0.1) is 22.5 Å².